The van der Waals surface area contributed by atoms with E-state index in [1.807, 2.05) is 0 Å². The Morgan fingerprint density at radius 3 is 2.39 bits per heavy atom. The summed E-state index contributed by atoms with van der Waals surface area (Å²) in [6, 6.07) is 10.7. The maximum atomic E-state index is 13.0. The lowest BCUT2D eigenvalue weighted by Gasteiger charge is -2.33. The number of nitro benzene ring substituents is 1. The molecular formula is C19H22FN3O4S. The molecule has 0 bridgehead atoms. The van der Waals surface area contributed by atoms with E-state index in [4.69, 9.17) is 0 Å². The van der Waals surface area contributed by atoms with Crippen LogP contribution in [0, 0.1) is 15.9 Å². The smallest absolute Gasteiger partial charge is 0.288 e. The van der Waals surface area contributed by atoms with E-state index in [0.717, 1.165) is 44.3 Å². The molecule has 1 saturated heterocycles. The minimum Gasteiger partial charge on any atom is -0.382 e. The van der Waals surface area contributed by atoms with Crippen LogP contribution in [0.3, 0.4) is 0 Å². The average molecular weight is 407 g/mol. The lowest BCUT2D eigenvalue weighted by Crippen LogP contribution is -2.38. The molecule has 0 unspecified atom stereocenters. The fourth-order valence-electron chi connectivity index (χ4n) is 3.37. The number of nitrogens with one attached hydrogen (secondary N) is 1. The second-order valence-corrected chi connectivity index (χ2v) is 9.02. The highest BCUT2D eigenvalue weighted by atomic mass is 32.2. The number of piperidine rings is 1. The fourth-order valence-corrected chi connectivity index (χ4v) is 4.23. The van der Waals surface area contributed by atoms with Gasteiger partial charge in [0.25, 0.3) is 5.69 Å². The summed E-state index contributed by atoms with van der Waals surface area (Å²) in [5.41, 5.74) is 1.20. The van der Waals surface area contributed by atoms with Gasteiger partial charge in [-0.25, -0.2) is 12.8 Å². The van der Waals surface area contributed by atoms with E-state index >= 15 is 0 Å². The Balaban J connectivity index is 1.61. The Bertz CT molecular complexity index is 956. The monoisotopic (exact) mass is 407 g/mol. The SMILES string of the molecule is CS(=O)(=O)c1cc(NC2CCN(Cc3ccc(F)cc3)CC2)ccc1[N+](=O)[O-]. The van der Waals surface area contributed by atoms with Gasteiger partial charge in [-0.1, -0.05) is 12.1 Å². The van der Waals surface area contributed by atoms with Crippen molar-refractivity contribution in [3.8, 4) is 0 Å². The standard InChI is InChI=1S/C19H22FN3O4S/c1-28(26,27)19-12-17(6-7-18(19)23(24)25)21-16-8-10-22(11-9-16)13-14-2-4-15(20)5-3-14/h2-7,12,16,21H,8-11,13H2,1H3. The Morgan fingerprint density at radius 1 is 1.18 bits per heavy atom. The molecule has 0 spiro atoms. The van der Waals surface area contributed by atoms with Crippen LogP contribution < -0.4 is 5.32 Å². The highest BCUT2D eigenvalue weighted by Crippen LogP contribution is 2.28. The van der Waals surface area contributed by atoms with E-state index in [2.05, 4.69) is 10.2 Å². The summed E-state index contributed by atoms with van der Waals surface area (Å²) in [6.45, 7) is 2.45. The molecule has 3 rings (SSSR count). The van der Waals surface area contributed by atoms with Gasteiger partial charge in [-0.3, -0.25) is 15.0 Å². The van der Waals surface area contributed by atoms with Crippen LogP contribution in [0.15, 0.2) is 47.4 Å². The van der Waals surface area contributed by atoms with Crippen molar-refractivity contribution in [2.75, 3.05) is 24.7 Å². The highest BCUT2D eigenvalue weighted by molar-refractivity contribution is 7.90. The molecule has 0 amide bonds. The van der Waals surface area contributed by atoms with Gasteiger partial charge in [0.1, 0.15) is 10.7 Å². The van der Waals surface area contributed by atoms with Crippen molar-refractivity contribution < 1.29 is 17.7 Å². The summed E-state index contributed by atoms with van der Waals surface area (Å²) in [5, 5.41) is 14.4. The first-order chi connectivity index (χ1) is 13.2. The van der Waals surface area contributed by atoms with Gasteiger partial charge in [-0.15, -0.1) is 0 Å². The molecule has 1 aliphatic heterocycles. The fraction of sp³-hybridized carbons (Fsp3) is 0.368. The van der Waals surface area contributed by atoms with Crippen molar-refractivity contribution in [3.63, 3.8) is 0 Å². The van der Waals surface area contributed by atoms with Gasteiger partial charge in [-0.05, 0) is 42.7 Å². The van der Waals surface area contributed by atoms with Gasteiger partial charge in [0, 0.05) is 43.7 Å². The minimum absolute atomic E-state index is 0.151. The van der Waals surface area contributed by atoms with Crippen LogP contribution in [-0.2, 0) is 16.4 Å². The summed E-state index contributed by atoms with van der Waals surface area (Å²) < 4.78 is 36.8. The molecule has 28 heavy (non-hydrogen) atoms. The average Bonchev–Trinajstić information content (AvgIpc) is 2.64. The van der Waals surface area contributed by atoms with Gasteiger partial charge in [0.05, 0.1) is 4.92 Å². The second-order valence-electron chi connectivity index (χ2n) is 7.03. The second kappa shape index (κ2) is 8.24. The summed E-state index contributed by atoms with van der Waals surface area (Å²) in [5.74, 6) is -0.247. The lowest BCUT2D eigenvalue weighted by atomic mass is 10.0. The number of hydrogen-bond donors (Lipinski definition) is 1. The molecule has 1 N–H and O–H groups in total. The number of rotatable bonds is 6. The number of likely N-dealkylation sites (tertiary alicyclic amines) is 1. The van der Waals surface area contributed by atoms with Crippen molar-refractivity contribution in [3.05, 3.63) is 64.0 Å². The predicted octanol–water partition coefficient (Wildman–Crippen LogP) is 3.21. The van der Waals surface area contributed by atoms with Crippen LogP contribution in [0.25, 0.3) is 0 Å². The molecule has 9 heteroatoms. The van der Waals surface area contributed by atoms with Crippen LogP contribution in [0.1, 0.15) is 18.4 Å². The zero-order chi connectivity index (χ0) is 20.3. The number of anilines is 1. The number of sulfone groups is 1. The van der Waals surface area contributed by atoms with Crippen LogP contribution >= 0.6 is 0 Å². The van der Waals surface area contributed by atoms with E-state index in [-0.39, 0.29) is 16.8 Å². The molecule has 1 fully saturated rings. The van der Waals surface area contributed by atoms with Crippen molar-refractivity contribution >= 4 is 21.2 Å². The van der Waals surface area contributed by atoms with Gasteiger partial charge < -0.3 is 5.32 Å². The third-order valence-corrected chi connectivity index (χ3v) is 5.96. The first kappa shape index (κ1) is 20.2. The molecule has 150 valence electrons. The maximum Gasteiger partial charge on any atom is 0.288 e. The van der Waals surface area contributed by atoms with Crippen molar-refractivity contribution in [1.29, 1.82) is 0 Å². The first-order valence-corrected chi connectivity index (χ1v) is 10.8. The van der Waals surface area contributed by atoms with Gasteiger partial charge in [0.15, 0.2) is 9.84 Å². The van der Waals surface area contributed by atoms with Crippen molar-refractivity contribution in [2.24, 2.45) is 0 Å². The number of nitro groups is 1. The first-order valence-electron chi connectivity index (χ1n) is 8.94. The van der Waals surface area contributed by atoms with Crippen LogP contribution in [0.2, 0.25) is 0 Å². The molecule has 2 aromatic rings. The molecular weight excluding hydrogens is 385 g/mol. The Morgan fingerprint density at radius 2 is 1.82 bits per heavy atom. The summed E-state index contributed by atoms with van der Waals surface area (Å²) in [7, 11) is -3.70. The van der Waals surface area contributed by atoms with Gasteiger partial charge >= 0.3 is 0 Å². The normalized spacial score (nSPS) is 16.1. The van der Waals surface area contributed by atoms with Gasteiger partial charge in [-0.2, -0.15) is 0 Å². The molecule has 0 saturated carbocycles. The molecule has 0 aliphatic carbocycles. The highest BCUT2D eigenvalue weighted by Gasteiger charge is 2.24. The molecule has 1 aliphatic rings. The summed E-state index contributed by atoms with van der Waals surface area (Å²) >= 11 is 0. The largest absolute Gasteiger partial charge is 0.382 e. The van der Waals surface area contributed by atoms with E-state index in [0.29, 0.717) is 5.69 Å². The molecule has 2 aromatic carbocycles. The maximum absolute atomic E-state index is 13.0. The topological polar surface area (TPSA) is 92.6 Å². The van der Waals surface area contributed by atoms with E-state index < -0.39 is 20.4 Å². The van der Waals surface area contributed by atoms with E-state index in [1.165, 1.54) is 30.3 Å². The van der Waals surface area contributed by atoms with Crippen LogP contribution in [0.4, 0.5) is 15.8 Å². The van der Waals surface area contributed by atoms with E-state index in [9.17, 15) is 22.9 Å². The summed E-state index contributed by atoms with van der Waals surface area (Å²) in [4.78, 5) is 12.4. The Labute approximate surface area is 163 Å². The third kappa shape index (κ3) is 5.05. The molecule has 0 atom stereocenters. The third-order valence-electron chi connectivity index (χ3n) is 4.83. The zero-order valence-corrected chi connectivity index (χ0v) is 16.3. The van der Waals surface area contributed by atoms with Gasteiger partial charge in [0.2, 0.25) is 0 Å². The number of nitrogens with zero attached hydrogens (tertiary/aromatic N) is 2. The Hall–Kier alpha value is -2.52. The summed E-state index contributed by atoms with van der Waals surface area (Å²) in [6.07, 6.45) is 2.67. The predicted molar refractivity (Wildman–Crippen MR) is 105 cm³/mol. The quantitative estimate of drug-likeness (QED) is 0.584. The van der Waals surface area contributed by atoms with E-state index in [1.54, 1.807) is 12.1 Å². The van der Waals surface area contributed by atoms with Crippen LogP contribution in [-0.4, -0.2) is 43.6 Å². The van der Waals surface area contributed by atoms with Crippen molar-refractivity contribution in [2.45, 2.75) is 30.3 Å². The Kier molecular flexibility index (Phi) is 5.95. The van der Waals surface area contributed by atoms with Crippen LogP contribution in [0.5, 0.6) is 0 Å². The number of hydrogen-bond acceptors (Lipinski definition) is 6. The number of benzene rings is 2. The molecule has 0 radical (unpaired) electrons. The lowest BCUT2D eigenvalue weighted by molar-refractivity contribution is -0.387. The number of halogens is 1. The minimum atomic E-state index is -3.70. The van der Waals surface area contributed by atoms with Crippen molar-refractivity contribution in [1.82, 2.24) is 4.90 Å². The molecule has 7 nitrogen and oxygen atoms in total. The zero-order valence-electron chi connectivity index (χ0n) is 15.5. The molecule has 0 aromatic heterocycles. The molecule has 1 heterocycles.